The smallest absolute Gasteiger partial charge is 0.255 e. The van der Waals surface area contributed by atoms with Crippen LogP contribution in [0.5, 0.6) is 0 Å². The van der Waals surface area contributed by atoms with Gasteiger partial charge in [0.05, 0.1) is 24.0 Å². The zero-order valence-electron chi connectivity index (χ0n) is 13.1. The molecule has 0 saturated carbocycles. The van der Waals surface area contributed by atoms with Gasteiger partial charge in [0, 0.05) is 25.0 Å². The molecule has 1 amide bonds. The summed E-state index contributed by atoms with van der Waals surface area (Å²) in [6.45, 7) is 7.74. The van der Waals surface area contributed by atoms with Gasteiger partial charge in [0.15, 0.2) is 5.82 Å². The van der Waals surface area contributed by atoms with Crippen molar-refractivity contribution in [2.45, 2.75) is 26.9 Å². The maximum absolute atomic E-state index is 12.5. The van der Waals surface area contributed by atoms with Crippen LogP contribution < -0.4 is 0 Å². The average Bonchev–Trinajstić information content (AvgIpc) is 2.85. The molecule has 0 N–H and O–H groups in total. The van der Waals surface area contributed by atoms with Crippen LogP contribution in [0.25, 0.3) is 5.82 Å². The lowest BCUT2D eigenvalue weighted by Gasteiger charge is -2.31. The molecule has 1 unspecified atom stereocenters. The number of pyridine rings is 1. The van der Waals surface area contributed by atoms with Crippen LogP contribution in [0.4, 0.5) is 0 Å². The fourth-order valence-electron chi connectivity index (χ4n) is 2.68. The SMILES string of the molecule is Cc1cc(C)n(-c2ccc(C(=O)N3CCOC(C)C3)cn2)n1. The number of rotatable bonds is 2. The first-order valence-electron chi connectivity index (χ1n) is 7.45. The molecule has 1 fully saturated rings. The third-order valence-corrected chi connectivity index (χ3v) is 3.75. The number of nitrogens with zero attached hydrogens (tertiary/aromatic N) is 4. The minimum Gasteiger partial charge on any atom is -0.375 e. The van der Waals surface area contributed by atoms with E-state index in [0.717, 1.165) is 17.2 Å². The molecule has 0 radical (unpaired) electrons. The summed E-state index contributed by atoms with van der Waals surface area (Å²) in [6, 6.07) is 5.63. The third kappa shape index (κ3) is 2.87. The molecular weight excluding hydrogens is 280 g/mol. The summed E-state index contributed by atoms with van der Waals surface area (Å²) in [5.41, 5.74) is 2.56. The van der Waals surface area contributed by atoms with Crippen molar-refractivity contribution in [3.63, 3.8) is 0 Å². The Bertz CT molecular complexity index is 678. The summed E-state index contributed by atoms with van der Waals surface area (Å²) in [5, 5.41) is 4.40. The maximum Gasteiger partial charge on any atom is 0.255 e. The molecule has 1 aliphatic rings. The lowest BCUT2D eigenvalue weighted by molar-refractivity contribution is -0.0124. The number of carbonyl (C=O) groups excluding carboxylic acids is 1. The number of aromatic nitrogens is 3. The first-order chi connectivity index (χ1) is 10.5. The summed E-state index contributed by atoms with van der Waals surface area (Å²) >= 11 is 0. The minimum absolute atomic E-state index is 0.00238. The van der Waals surface area contributed by atoms with Gasteiger partial charge in [-0.15, -0.1) is 0 Å². The molecule has 22 heavy (non-hydrogen) atoms. The van der Waals surface area contributed by atoms with Gasteiger partial charge < -0.3 is 9.64 Å². The van der Waals surface area contributed by atoms with Crippen molar-refractivity contribution in [2.75, 3.05) is 19.7 Å². The number of ether oxygens (including phenoxy) is 1. The number of hydrogen-bond acceptors (Lipinski definition) is 4. The van der Waals surface area contributed by atoms with Crippen molar-refractivity contribution in [1.82, 2.24) is 19.7 Å². The van der Waals surface area contributed by atoms with Crippen LogP contribution in [0.2, 0.25) is 0 Å². The Morgan fingerprint density at radius 3 is 2.77 bits per heavy atom. The highest BCUT2D eigenvalue weighted by molar-refractivity contribution is 5.94. The zero-order chi connectivity index (χ0) is 15.7. The molecule has 2 aromatic heterocycles. The van der Waals surface area contributed by atoms with Gasteiger partial charge >= 0.3 is 0 Å². The fraction of sp³-hybridized carbons (Fsp3) is 0.438. The molecule has 1 saturated heterocycles. The molecule has 0 bridgehead atoms. The van der Waals surface area contributed by atoms with Crippen molar-refractivity contribution >= 4 is 5.91 Å². The van der Waals surface area contributed by atoms with E-state index in [0.29, 0.717) is 25.3 Å². The van der Waals surface area contributed by atoms with Crippen molar-refractivity contribution in [1.29, 1.82) is 0 Å². The van der Waals surface area contributed by atoms with Gasteiger partial charge in [0.25, 0.3) is 5.91 Å². The van der Waals surface area contributed by atoms with E-state index < -0.39 is 0 Å². The van der Waals surface area contributed by atoms with Gasteiger partial charge in [-0.25, -0.2) is 9.67 Å². The molecule has 1 aliphatic heterocycles. The number of hydrogen-bond donors (Lipinski definition) is 0. The number of aryl methyl sites for hydroxylation is 2. The van der Waals surface area contributed by atoms with E-state index in [-0.39, 0.29) is 12.0 Å². The zero-order valence-corrected chi connectivity index (χ0v) is 13.1. The van der Waals surface area contributed by atoms with Gasteiger partial charge in [-0.3, -0.25) is 4.79 Å². The van der Waals surface area contributed by atoms with Crippen LogP contribution in [0.15, 0.2) is 24.4 Å². The third-order valence-electron chi connectivity index (χ3n) is 3.75. The van der Waals surface area contributed by atoms with Crippen LogP contribution in [0.3, 0.4) is 0 Å². The van der Waals surface area contributed by atoms with Crippen molar-refractivity contribution in [3.05, 3.63) is 41.3 Å². The summed E-state index contributed by atoms with van der Waals surface area (Å²) in [4.78, 5) is 18.7. The standard InChI is InChI=1S/C16H20N4O2/c1-11-8-12(2)20(18-11)15-5-4-14(9-17-15)16(21)19-6-7-22-13(3)10-19/h4-5,8-9,13H,6-7,10H2,1-3H3. The molecule has 6 heteroatoms. The lowest BCUT2D eigenvalue weighted by atomic mass is 10.2. The Morgan fingerprint density at radius 2 is 2.18 bits per heavy atom. The predicted octanol–water partition coefficient (Wildman–Crippen LogP) is 1.75. The van der Waals surface area contributed by atoms with Crippen molar-refractivity contribution in [2.24, 2.45) is 0 Å². The second-order valence-electron chi connectivity index (χ2n) is 5.68. The second-order valence-corrected chi connectivity index (χ2v) is 5.68. The normalized spacial score (nSPS) is 18.5. The molecule has 2 aromatic rings. The first kappa shape index (κ1) is 14.7. The number of amides is 1. The number of morpholine rings is 1. The van der Waals surface area contributed by atoms with Crippen LogP contribution >= 0.6 is 0 Å². The van der Waals surface area contributed by atoms with Gasteiger partial charge in [-0.05, 0) is 39.0 Å². The van der Waals surface area contributed by atoms with Crippen LogP contribution in [0, 0.1) is 13.8 Å². The van der Waals surface area contributed by atoms with E-state index in [1.807, 2.05) is 37.8 Å². The topological polar surface area (TPSA) is 60.2 Å². The summed E-state index contributed by atoms with van der Waals surface area (Å²) in [5.74, 6) is 0.722. The maximum atomic E-state index is 12.5. The second kappa shape index (κ2) is 5.88. The highest BCUT2D eigenvalue weighted by Gasteiger charge is 2.22. The Labute approximate surface area is 129 Å². The molecule has 3 rings (SSSR count). The first-order valence-corrected chi connectivity index (χ1v) is 7.45. The van der Waals surface area contributed by atoms with Crippen LogP contribution in [0.1, 0.15) is 28.7 Å². The van der Waals surface area contributed by atoms with Gasteiger partial charge in [-0.2, -0.15) is 5.10 Å². The molecule has 116 valence electrons. The summed E-state index contributed by atoms with van der Waals surface area (Å²) in [6.07, 6.45) is 1.70. The predicted molar refractivity (Wildman–Crippen MR) is 82.2 cm³/mol. The molecule has 1 atom stereocenters. The molecule has 6 nitrogen and oxygen atoms in total. The number of carbonyl (C=O) groups is 1. The van der Waals surface area contributed by atoms with Crippen molar-refractivity contribution in [3.8, 4) is 5.82 Å². The highest BCUT2D eigenvalue weighted by Crippen LogP contribution is 2.13. The Hall–Kier alpha value is -2.21. The van der Waals surface area contributed by atoms with E-state index in [1.54, 1.807) is 16.9 Å². The van der Waals surface area contributed by atoms with Gasteiger partial charge in [-0.1, -0.05) is 0 Å². The molecule has 3 heterocycles. The Kier molecular flexibility index (Phi) is 3.94. The average molecular weight is 300 g/mol. The van der Waals surface area contributed by atoms with E-state index in [9.17, 15) is 4.79 Å². The minimum atomic E-state index is 0.00238. The van der Waals surface area contributed by atoms with E-state index >= 15 is 0 Å². The monoisotopic (exact) mass is 300 g/mol. The quantitative estimate of drug-likeness (QED) is 0.847. The molecular formula is C16H20N4O2. The van der Waals surface area contributed by atoms with E-state index in [2.05, 4.69) is 10.1 Å². The highest BCUT2D eigenvalue weighted by atomic mass is 16.5. The van der Waals surface area contributed by atoms with Crippen LogP contribution in [-0.4, -0.2) is 51.4 Å². The largest absolute Gasteiger partial charge is 0.375 e. The van der Waals surface area contributed by atoms with E-state index in [4.69, 9.17) is 4.74 Å². The van der Waals surface area contributed by atoms with Gasteiger partial charge in [0.2, 0.25) is 0 Å². The van der Waals surface area contributed by atoms with Gasteiger partial charge in [0.1, 0.15) is 0 Å². The molecule has 0 aliphatic carbocycles. The summed E-state index contributed by atoms with van der Waals surface area (Å²) < 4.78 is 7.24. The van der Waals surface area contributed by atoms with E-state index in [1.165, 1.54) is 0 Å². The Morgan fingerprint density at radius 1 is 1.36 bits per heavy atom. The molecule has 0 spiro atoms. The Balaban J connectivity index is 1.79. The fourth-order valence-corrected chi connectivity index (χ4v) is 2.68. The lowest BCUT2D eigenvalue weighted by Crippen LogP contribution is -2.44. The summed E-state index contributed by atoms with van der Waals surface area (Å²) in [7, 11) is 0. The van der Waals surface area contributed by atoms with Crippen LogP contribution in [-0.2, 0) is 4.74 Å². The molecule has 0 aromatic carbocycles. The van der Waals surface area contributed by atoms with Crippen molar-refractivity contribution < 1.29 is 9.53 Å².